The lowest BCUT2D eigenvalue weighted by Crippen LogP contribution is -2.41. The van der Waals surface area contributed by atoms with Gasteiger partial charge in [0.2, 0.25) is 0 Å². The number of nitrogens with two attached hydrogens (primary N) is 1. The minimum absolute atomic E-state index is 0.276. The normalized spacial score (nSPS) is 11.3. The molecular weight excluding hydrogens is 352 g/mol. The van der Waals surface area contributed by atoms with Crippen molar-refractivity contribution in [2.75, 3.05) is 27.3 Å². The smallest absolute Gasteiger partial charge is 0.277 e. The van der Waals surface area contributed by atoms with E-state index < -0.39 is 24.9 Å². The Bertz CT molecular complexity index is 765. The first-order valence-corrected chi connectivity index (χ1v) is 8.19. The van der Waals surface area contributed by atoms with Gasteiger partial charge in [0.05, 0.1) is 33.0 Å². The number of halogens is 2. The van der Waals surface area contributed by atoms with Gasteiger partial charge in [0.15, 0.2) is 11.5 Å². The van der Waals surface area contributed by atoms with Gasteiger partial charge in [-0.25, -0.2) is 13.8 Å². The van der Waals surface area contributed by atoms with Crippen LogP contribution >= 0.6 is 11.3 Å². The van der Waals surface area contributed by atoms with Crippen LogP contribution in [0.15, 0.2) is 18.2 Å². The highest BCUT2D eigenvalue weighted by Gasteiger charge is 2.28. The Morgan fingerprint density at radius 3 is 2.60 bits per heavy atom. The zero-order valence-corrected chi connectivity index (χ0v) is 14.9. The summed E-state index contributed by atoms with van der Waals surface area (Å²) in [5.41, 5.74) is 6.15. The van der Waals surface area contributed by atoms with E-state index in [0.29, 0.717) is 22.2 Å². The van der Waals surface area contributed by atoms with Crippen LogP contribution in [0.3, 0.4) is 0 Å². The minimum Gasteiger partial charge on any atom is -0.493 e. The van der Waals surface area contributed by atoms with Crippen LogP contribution in [0.2, 0.25) is 0 Å². The third kappa shape index (κ3) is 4.43. The summed E-state index contributed by atoms with van der Waals surface area (Å²) in [6.45, 7) is 0.00789. The first-order chi connectivity index (χ1) is 11.8. The molecule has 0 spiro atoms. The Balaban J connectivity index is 2.23. The molecule has 6 nitrogen and oxygen atoms in total. The summed E-state index contributed by atoms with van der Waals surface area (Å²) in [7, 11) is 3.05. The molecule has 0 bridgehead atoms. The van der Waals surface area contributed by atoms with E-state index in [2.05, 4.69) is 10.3 Å². The lowest BCUT2D eigenvalue weighted by Gasteiger charge is -2.13. The van der Waals surface area contributed by atoms with E-state index in [1.165, 1.54) is 14.2 Å². The Hall–Kier alpha value is -2.26. The maximum absolute atomic E-state index is 13.2. The SMILES string of the molecule is COc1ccc(-c2nc(C)c(C(=O)NCC(F)(F)CN)s2)cc1OC. The molecule has 1 aromatic carbocycles. The highest BCUT2D eigenvalue weighted by Crippen LogP contribution is 2.35. The van der Waals surface area contributed by atoms with Gasteiger partial charge in [-0.15, -0.1) is 11.3 Å². The second-order valence-electron chi connectivity index (χ2n) is 5.25. The number of carbonyl (C=O) groups excluding carboxylic acids is 1. The largest absolute Gasteiger partial charge is 0.493 e. The van der Waals surface area contributed by atoms with Crippen LogP contribution in [0, 0.1) is 6.92 Å². The van der Waals surface area contributed by atoms with Gasteiger partial charge in [0.25, 0.3) is 11.8 Å². The highest BCUT2D eigenvalue weighted by molar-refractivity contribution is 7.17. The summed E-state index contributed by atoms with van der Waals surface area (Å²) >= 11 is 1.12. The van der Waals surface area contributed by atoms with Crippen molar-refractivity contribution in [3.63, 3.8) is 0 Å². The number of ether oxygens (including phenoxy) is 2. The van der Waals surface area contributed by atoms with Crippen molar-refractivity contribution < 1.29 is 23.0 Å². The van der Waals surface area contributed by atoms with E-state index in [1.807, 2.05) is 0 Å². The molecule has 0 saturated heterocycles. The number of nitrogens with one attached hydrogen (secondary N) is 1. The Morgan fingerprint density at radius 2 is 2.00 bits per heavy atom. The third-order valence-corrected chi connectivity index (χ3v) is 4.64. The predicted molar refractivity (Wildman–Crippen MR) is 91.7 cm³/mol. The molecule has 0 saturated carbocycles. The molecule has 25 heavy (non-hydrogen) atoms. The number of hydrogen-bond acceptors (Lipinski definition) is 6. The molecule has 0 fully saturated rings. The van der Waals surface area contributed by atoms with Crippen molar-refractivity contribution >= 4 is 17.2 Å². The molecule has 2 rings (SSSR count). The van der Waals surface area contributed by atoms with Gasteiger partial charge in [0, 0.05) is 5.56 Å². The number of methoxy groups -OCH3 is 2. The predicted octanol–water partition coefficient (Wildman–Crippen LogP) is 2.46. The first-order valence-electron chi connectivity index (χ1n) is 7.37. The van der Waals surface area contributed by atoms with Gasteiger partial charge >= 0.3 is 0 Å². The summed E-state index contributed by atoms with van der Waals surface area (Å²) < 4.78 is 36.8. The van der Waals surface area contributed by atoms with Crippen LogP contribution in [-0.2, 0) is 0 Å². The van der Waals surface area contributed by atoms with E-state index in [9.17, 15) is 13.6 Å². The zero-order chi connectivity index (χ0) is 18.6. The van der Waals surface area contributed by atoms with E-state index in [4.69, 9.17) is 15.2 Å². The average Bonchev–Trinajstić information content (AvgIpc) is 3.01. The van der Waals surface area contributed by atoms with E-state index in [0.717, 1.165) is 16.9 Å². The van der Waals surface area contributed by atoms with Crippen molar-refractivity contribution in [3.8, 4) is 22.1 Å². The number of alkyl halides is 2. The van der Waals surface area contributed by atoms with Crippen molar-refractivity contribution in [2.45, 2.75) is 12.8 Å². The Labute approximate surface area is 148 Å². The van der Waals surface area contributed by atoms with Gasteiger partial charge in [-0.05, 0) is 25.1 Å². The minimum atomic E-state index is -3.14. The average molecular weight is 371 g/mol. The van der Waals surface area contributed by atoms with Crippen molar-refractivity contribution in [3.05, 3.63) is 28.8 Å². The van der Waals surface area contributed by atoms with E-state index >= 15 is 0 Å². The fraction of sp³-hybridized carbons (Fsp3) is 0.375. The Kier molecular flexibility index (Phi) is 5.91. The van der Waals surface area contributed by atoms with Crippen LogP contribution in [-0.4, -0.2) is 44.1 Å². The number of rotatable bonds is 7. The molecule has 1 aromatic heterocycles. The van der Waals surface area contributed by atoms with Gasteiger partial charge in [0.1, 0.15) is 9.88 Å². The second kappa shape index (κ2) is 7.75. The fourth-order valence-electron chi connectivity index (χ4n) is 2.06. The molecule has 2 aromatic rings. The molecule has 1 amide bonds. The maximum Gasteiger partial charge on any atom is 0.277 e. The number of amides is 1. The van der Waals surface area contributed by atoms with Gasteiger partial charge < -0.3 is 20.5 Å². The number of aromatic nitrogens is 1. The molecule has 0 unspecified atom stereocenters. The number of thiazole rings is 1. The fourth-order valence-corrected chi connectivity index (χ4v) is 3.04. The maximum atomic E-state index is 13.2. The van der Waals surface area contributed by atoms with Crippen LogP contribution in [0.1, 0.15) is 15.4 Å². The summed E-state index contributed by atoms with van der Waals surface area (Å²) in [4.78, 5) is 16.8. The van der Waals surface area contributed by atoms with Gasteiger partial charge in [-0.3, -0.25) is 4.79 Å². The molecule has 9 heteroatoms. The van der Waals surface area contributed by atoms with Crippen molar-refractivity contribution in [1.29, 1.82) is 0 Å². The molecule has 3 N–H and O–H groups in total. The number of hydrogen-bond donors (Lipinski definition) is 2. The van der Waals surface area contributed by atoms with Crippen LogP contribution < -0.4 is 20.5 Å². The van der Waals surface area contributed by atoms with E-state index in [1.54, 1.807) is 25.1 Å². The van der Waals surface area contributed by atoms with Crippen LogP contribution in [0.5, 0.6) is 11.5 Å². The molecule has 1 heterocycles. The molecule has 0 atom stereocenters. The number of aryl methyl sites for hydroxylation is 1. The summed E-state index contributed by atoms with van der Waals surface area (Å²) in [6, 6.07) is 5.25. The molecule has 136 valence electrons. The first kappa shape index (κ1) is 19.1. The summed E-state index contributed by atoms with van der Waals surface area (Å²) in [5.74, 6) is -2.64. The van der Waals surface area contributed by atoms with Gasteiger partial charge in [-0.2, -0.15) is 0 Å². The van der Waals surface area contributed by atoms with Crippen molar-refractivity contribution in [1.82, 2.24) is 10.3 Å². The van der Waals surface area contributed by atoms with Crippen molar-refractivity contribution in [2.24, 2.45) is 5.73 Å². The number of nitrogens with zero attached hydrogens (tertiary/aromatic N) is 1. The Morgan fingerprint density at radius 1 is 1.32 bits per heavy atom. The summed E-state index contributed by atoms with van der Waals surface area (Å²) in [5, 5.41) is 2.77. The monoisotopic (exact) mass is 371 g/mol. The van der Waals surface area contributed by atoms with E-state index in [-0.39, 0.29) is 4.88 Å². The molecule has 0 aliphatic rings. The molecule has 0 radical (unpaired) electrons. The second-order valence-corrected chi connectivity index (χ2v) is 6.25. The number of carbonyl (C=O) groups is 1. The lowest BCUT2D eigenvalue weighted by atomic mass is 10.2. The topological polar surface area (TPSA) is 86.5 Å². The molecule has 0 aliphatic heterocycles. The zero-order valence-electron chi connectivity index (χ0n) is 14.1. The molecular formula is C16H19F2N3O3S. The van der Waals surface area contributed by atoms with Crippen LogP contribution in [0.4, 0.5) is 8.78 Å². The lowest BCUT2D eigenvalue weighted by molar-refractivity contribution is 0.0119. The third-order valence-electron chi connectivity index (χ3n) is 3.44. The summed E-state index contributed by atoms with van der Waals surface area (Å²) in [6.07, 6.45) is 0. The highest BCUT2D eigenvalue weighted by atomic mass is 32.1. The standard InChI is InChI=1S/C16H19F2N3O3S/c1-9-13(14(22)20-8-16(17,18)7-19)25-15(21-9)10-4-5-11(23-2)12(6-10)24-3/h4-6H,7-8,19H2,1-3H3,(H,20,22). The number of benzene rings is 1. The van der Waals surface area contributed by atoms with Gasteiger partial charge in [-0.1, -0.05) is 0 Å². The quantitative estimate of drug-likeness (QED) is 0.781. The molecule has 0 aliphatic carbocycles. The van der Waals surface area contributed by atoms with Crippen LogP contribution in [0.25, 0.3) is 10.6 Å².